The van der Waals surface area contributed by atoms with Crippen LogP contribution in [0.5, 0.6) is 0 Å². The topological polar surface area (TPSA) is 52.0 Å². The Balaban J connectivity index is 2.15. The Hall–Kier alpha value is -2.35. The lowest BCUT2D eigenvalue weighted by atomic mass is 9.83. The fourth-order valence-electron chi connectivity index (χ4n) is 2.86. The van der Waals surface area contributed by atoms with Crippen molar-refractivity contribution in [3.8, 4) is 5.69 Å². The summed E-state index contributed by atoms with van der Waals surface area (Å²) in [5.74, 6) is 0.248. The van der Waals surface area contributed by atoms with Gasteiger partial charge in [-0.05, 0) is 37.6 Å². The Morgan fingerprint density at radius 3 is 2.31 bits per heavy atom. The zero-order valence-corrected chi connectivity index (χ0v) is 15.0. The molecule has 26 heavy (non-hydrogen) atoms. The van der Waals surface area contributed by atoms with E-state index in [4.69, 9.17) is 0 Å². The Labute approximate surface area is 149 Å². The number of sulfone groups is 1. The maximum absolute atomic E-state index is 13.2. The minimum Gasteiger partial charge on any atom is -0.302 e. The molecule has 1 aliphatic carbocycles. The van der Waals surface area contributed by atoms with E-state index in [1.807, 2.05) is 25.2 Å². The van der Waals surface area contributed by atoms with Crippen LogP contribution in [0.3, 0.4) is 0 Å². The van der Waals surface area contributed by atoms with Gasteiger partial charge in [0.05, 0.1) is 4.90 Å². The minimum absolute atomic E-state index is 0.102. The second kappa shape index (κ2) is 6.12. The lowest BCUT2D eigenvalue weighted by Gasteiger charge is -2.26. The first-order chi connectivity index (χ1) is 12.0. The second-order valence-electron chi connectivity index (χ2n) is 6.49. The Kier molecular flexibility index (Phi) is 4.34. The van der Waals surface area contributed by atoms with E-state index in [1.165, 1.54) is 28.8 Å². The number of benzene rings is 1. The molecule has 1 heterocycles. The van der Waals surface area contributed by atoms with E-state index in [9.17, 15) is 21.6 Å². The van der Waals surface area contributed by atoms with Crippen molar-refractivity contribution in [1.82, 2.24) is 9.55 Å². The lowest BCUT2D eigenvalue weighted by Crippen LogP contribution is -2.24. The normalized spacial score (nSPS) is 20.5. The molecule has 0 bridgehead atoms. The monoisotopic (exact) mass is 382 g/mol. The summed E-state index contributed by atoms with van der Waals surface area (Å²) in [5, 5.41) is 0. The van der Waals surface area contributed by atoms with Crippen molar-refractivity contribution in [1.29, 1.82) is 0 Å². The van der Waals surface area contributed by atoms with E-state index < -0.39 is 27.1 Å². The molecule has 0 aliphatic heterocycles. The zero-order chi connectivity index (χ0) is 19.2. The number of hydrogen-bond acceptors (Lipinski definition) is 3. The molecule has 0 saturated carbocycles. The van der Waals surface area contributed by atoms with Gasteiger partial charge in [0.2, 0.25) is 0 Å². The van der Waals surface area contributed by atoms with Crippen LogP contribution in [-0.2, 0) is 21.4 Å². The van der Waals surface area contributed by atoms with Crippen LogP contribution in [-0.4, -0.2) is 24.2 Å². The molecule has 0 spiro atoms. The molecule has 0 amide bonds. The molecule has 0 N–H and O–H groups in total. The third-order valence-electron chi connectivity index (χ3n) is 4.30. The first kappa shape index (κ1) is 18.4. The van der Waals surface area contributed by atoms with Gasteiger partial charge in [-0.1, -0.05) is 24.3 Å². The summed E-state index contributed by atoms with van der Waals surface area (Å²) < 4.78 is 64.2. The molecule has 3 rings (SSSR count). The molecule has 1 unspecified atom stereocenters. The highest BCUT2D eigenvalue weighted by Gasteiger charge is 2.38. The van der Waals surface area contributed by atoms with Gasteiger partial charge in [0, 0.05) is 23.6 Å². The highest BCUT2D eigenvalue weighted by atomic mass is 32.2. The van der Waals surface area contributed by atoms with Crippen molar-refractivity contribution in [2.75, 3.05) is 6.26 Å². The van der Waals surface area contributed by atoms with E-state index >= 15 is 0 Å². The van der Waals surface area contributed by atoms with Crippen molar-refractivity contribution in [2.45, 2.75) is 29.8 Å². The van der Waals surface area contributed by atoms with Gasteiger partial charge in [0.1, 0.15) is 5.82 Å². The predicted octanol–water partition coefficient (Wildman–Crippen LogP) is 4.07. The zero-order valence-electron chi connectivity index (χ0n) is 14.2. The predicted molar refractivity (Wildman–Crippen MR) is 91.9 cm³/mol. The largest absolute Gasteiger partial charge is 0.434 e. The van der Waals surface area contributed by atoms with Gasteiger partial charge in [-0.2, -0.15) is 13.2 Å². The smallest absolute Gasteiger partial charge is 0.302 e. The number of alkyl halides is 3. The molecule has 0 fully saturated rings. The summed E-state index contributed by atoms with van der Waals surface area (Å²) in [7, 11) is -3.39. The number of aromatic nitrogens is 2. The van der Waals surface area contributed by atoms with E-state index in [-0.39, 0.29) is 10.7 Å². The molecular formula is C18H17F3N2O2S. The molecule has 8 heteroatoms. The highest BCUT2D eigenvalue weighted by molar-refractivity contribution is 7.90. The Morgan fingerprint density at radius 1 is 1.15 bits per heavy atom. The molecular weight excluding hydrogens is 365 g/mol. The molecule has 2 aromatic rings. The van der Waals surface area contributed by atoms with Crippen LogP contribution < -0.4 is 0 Å². The number of imidazole rings is 1. The molecule has 0 saturated heterocycles. The van der Waals surface area contributed by atoms with Crippen molar-refractivity contribution < 1.29 is 21.6 Å². The number of rotatable bonds is 3. The average Bonchev–Trinajstić information content (AvgIpc) is 3.01. The number of allylic oxidation sites excluding steroid dienone is 4. The van der Waals surface area contributed by atoms with Gasteiger partial charge < -0.3 is 4.57 Å². The van der Waals surface area contributed by atoms with E-state index in [0.717, 1.165) is 12.5 Å². The maximum Gasteiger partial charge on any atom is 0.434 e. The van der Waals surface area contributed by atoms with Gasteiger partial charge in [-0.15, -0.1) is 0 Å². The van der Waals surface area contributed by atoms with Gasteiger partial charge in [-0.25, -0.2) is 13.4 Å². The molecule has 1 aliphatic rings. The minimum atomic E-state index is -4.57. The summed E-state index contributed by atoms with van der Waals surface area (Å²) in [4.78, 5) is 3.96. The van der Waals surface area contributed by atoms with E-state index in [0.29, 0.717) is 12.1 Å². The van der Waals surface area contributed by atoms with Gasteiger partial charge in [-0.3, -0.25) is 0 Å². The van der Waals surface area contributed by atoms with Gasteiger partial charge >= 0.3 is 6.18 Å². The summed E-state index contributed by atoms with van der Waals surface area (Å²) in [6.07, 6.45) is 5.27. The molecule has 1 aromatic heterocycles. The van der Waals surface area contributed by atoms with Gasteiger partial charge in [0.15, 0.2) is 15.5 Å². The molecule has 0 radical (unpaired) electrons. The Bertz CT molecular complexity index is 986. The quantitative estimate of drug-likeness (QED) is 0.804. The number of halogens is 3. The first-order valence-corrected chi connectivity index (χ1v) is 9.72. The van der Waals surface area contributed by atoms with E-state index in [1.54, 1.807) is 6.08 Å². The van der Waals surface area contributed by atoms with Gasteiger partial charge in [0.25, 0.3) is 0 Å². The summed E-state index contributed by atoms with van der Waals surface area (Å²) in [6.45, 7) is 1.82. The lowest BCUT2D eigenvalue weighted by molar-refractivity contribution is -0.141. The van der Waals surface area contributed by atoms with Crippen LogP contribution in [0.25, 0.3) is 5.69 Å². The molecule has 4 nitrogen and oxygen atoms in total. The van der Waals surface area contributed by atoms with Crippen LogP contribution >= 0.6 is 0 Å². The SMILES string of the molecule is CC1(c2nc(C(F)(F)F)cn2-c2ccc(S(C)(=O)=O)cc2)C=CC=CC1. The fourth-order valence-corrected chi connectivity index (χ4v) is 3.49. The standard InChI is InChI=1S/C18H17F3N2O2S/c1-17(10-4-3-5-11-17)16-22-15(18(19,20)21)12-23(16)13-6-8-14(9-7-13)26(2,24)25/h3-10,12H,11H2,1-2H3. The third kappa shape index (κ3) is 3.46. The van der Waals surface area contributed by atoms with Crippen molar-refractivity contribution in [3.05, 3.63) is 66.3 Å². The number of nitrogens with zero attached hydrogens (tertiary/aromatic N) is 2. The Morgan fingerprint density at radius 2 is 1.81 bits per heavy atom. The van der Waals surface area contributed by atoms with Crippen molar-refractivity contribution in [2.24, 2.45) is 0 Å². The summed E-state index contributed by atoms with van der Waals surface area (Å²) in [6, 6.07) is 5.71. The van der Waals surface area contributed by atoms with Crippen LogP contribution in [0, 0.1) is 0 Å². The van der Waals surface area contributed by atoms with Crippen molar-refractivity contribution >= 4 is 9.84 Å². The third-order valence-corrected chi connectivity index (χ3v) is 5.43. The van der Waals surface area contributed by atoms with Crippen LogP contribution in [0.4, 0.5) is 13.2 Å². The summed E-state index contributed by atoms with van der Waals surface area (Å²) >= 11 is 0. The average molecular weight is 382 g/mol. The molecule has 1 aromatic carbocycles. The van der Waals surface area contributed by atoms with Crippen molar-refractivity contribution in [3.63, 3.8) is 0 Å². The number of hydrogen-bond donors (Lipinski definition) is 0. The summed E-state index contributed by atoms with van der Waals surface area (Å²) in [5.41, 5.74) is -1.27. The fraction of sp³-hybridized carbons (Fsp3) is 0.278. The van der Waals surface area contributed by atoms with Crippen LogP contribution in [0.15, 0.2) is 59.7 Å². The maximum atomic E-state index is 13.2. The second-order valence-corrected chi connectivity index (χ2v) is 8.51. The van der Waals surface area contributed by atoms with E-state index in [2.05, 4.69) is 4.98 Å². The molecule has 1 atom stereocenters. The van der Waals surface area contributed by atoms with Crippen LogP contribution in [0.1, 0.15) is 24.9 Å². The highest BCUT2D eigenvalue weighted by Crippen LogP contribution is 2.37. The molecule has 138 valence electrons. The first-order valence-electron chi connectivity index (χ1n) is 7.83. The van der Waals surface area contributed by atoms with Crippen LogP contribution in [0.2, 0.25) is 0 Å².